The van der Waals surface area contributed by atoms with Gasteiger partial charge >= 0.3 is 6.03 Å². The molecule has 45 heavy (non-hydrogen) atoms. The van der Waals surface area contributed by atoms with Gasteiger partial charge in [-0.3, -0.25) is 19.8 Å². The molecular formula is C33H35N5O5S2. The Kier molecular flexibility index (Phi) is 9.78. The van der Waals surface area contributed by atoms with E-state index in [0.29, 0.717) is 24.5 Å². The number of urea groups is 1. The third-order valence-corrected chi connectivity index (χ3v) is 10.5. The number of anilines is 1. The van der Waals surface area contributed by atoms with Crippen LogP contribution >= 0.6 is 11.3 Å². The average molecular weight is 646 g/mol. The normalized spacial score (nSPS) is 13.2. The second-order valence-corrected chi connectivity index (χ2v) is 14.2. The van der Waals surface area contributed by atoms with Gasteiger partial charge in [-0.2, -0.15) is 4.31 Å². The number of benzene rings is 3. The van der Waals surface area contributed by atoms with Crippen molar-refractivity contribution in [2.45, 2.75) is 31.0 Å². The Morgan fingerprint density at radius 2 is 1.47 bits per heavy atom. The highest BCUT2D eigenvalue weighted by Crippen LogP contribution is 2.38. The maximum absolute atomic E-state index is 13.4. The van der Waals surface area contributed by atoms with Crippen molar-refractivity contribution in [1.29, 1.82) is 0 Å². The number of thiophene rings is 1. The molecule has 2 heterocycles. The van der Waals surface area contributed by atoms with Gasteiger partial charge in [0.1, 0.15) is 5.00 Å². The summed E-state index contributed by atoms with van der Waals surface area (Å²) in [4.78, 5) is 43.6. The van der Waals surface area contributed by atoms with Crippen LogP contribution in [0, 0.1) is 0 Å². The van der Waals surface area contributed by atoms with Gasteiger partial charge in [0.25, 0.3) is 11.8 Å². The van der Waals surface area contributed by atoms with Crippen LogP contribution in [-0.4, -0.2) is 68.1 Å². The predicted octanol–water partition coefficient (Wildman–Crippen LogP) is 4.79. The lowest BCUT2D eigenvalue weighted by atomic mass is 10.0. The van der Waals surface area contributed by atoms with Crippen LogP contribution in [0.15, 0.2) is 89.8 Å². The molecule has 1 aromatic heterocycles. The number of rotatable bonds is 9. The highest BCUT2D eigenvalue weighted by Gasteiger charge is 2.30. The van der Waals surface area contributed by atoms with Crippen LogP contribution in [-0.2, 0) is 36.1 Å². The minimum atomic E-state index is -3.79. The number of hydrogen-bond acceptors (Lipinski definition) is 7. The highest BCUT2D eigenvalue weighted by atomic mass is 32.2. The van der Waals surface area contributed by atoms with Crippen LogP contribution in [0.25, 0.3) is 0 Å². The first-order valence-corrected chi connectivity index (χ1v) is 16.6. The molecule has 3 aromatic carbocycles. The Morgan fingerprint density at radius 3 is 2.09 bits per heavy atom. The molecule has 5 rings (SSSR count). The summed E-state index contributed by atoms with van der Waals surface area (Å²) in [5.41, 5.74) is 3.35. The van der Waals surface area contributed by atoms with Gasteiger partial charge in [-0.1, -0.05) is 60.7 Å². The molecule has 0 saturated carbocycles. The number of carbonyl (C=O) groups excluding carboxylic acids is 3. The number of nitrogens with zero attached hydrogens (tertiary/aromatic N) is 3. The van der Waals surface area contributed by atoms with E-state index in [1.54, 1.807) is 14.1 Å². The zero-order valence-electron chi connectivity index (χ0n) is 25.3. The fourth-order valence-electron chi connectivity index (χ4n) is 5.09. The molecule has 1 aliphatic heterocycles. The number of nitrogens with one attached hydrogen (secondary N) is 2. The molecule has 0 aliphatic carbocycles. The molecule has 12 heteroatoms. The molecule has 10 nitrogen and oxygen atoms in total. The zero-order chi connectivity index (χ0) is 32.1. The van der Waals surface area contributed by atoms with Crippen molar-refractivity contribution in [1.82, 2.24) is 19.4 Å². The van der Waals surface area contributed by atoms with E-state index in [9.17, 15) is 22.8 Å². The Balaban J connectivity index is 1.36. The first-order valence-electron chi connectivity index (χ1n) is 14.4. The van der Waals surface area contributed by atoms with E-state index in [0.717, 1.165) is 22.5 Å². The minimum absolute atomic E-state index is 0.0600. The molecule has 0 atom stereocenters. The second kappa shape index (κ2) is 13.7. The summed E-state index contributed by atoms with van der Waals surface area (Å²) in [7, 11) is 0.797. The van der Waals surface area contributed by atoms with Gasteiger partial charge in [-0.25, -0.2) is 13.2 Å². The van der Waals surface area contributed by atoms with Gasteiger partial charge in [-0.05, 0) is 47.4 Å². The fraction of sp³-hybridized carbons (Fsp3) is 0.242. The lowest BCUT2D eigenvalue weighted by Gasteiger charge is -2.27. The molecule has 4 aromatic rings. The average Bonchev–Trinajstić information content (AvgIpc) is 3.39. The van der Waals surface area contributed by atoms with Gasteiger partial charge < -0.3 is 10.2 Å². The molecule has 2 N–H and O–H groups in total. The van der Waals surface area contributed by atoms with E-state index in [4.69, 9.17) is 0 Å². The van der Waals surface area contributed by atoms with Crippen molar-refractivity contribution >= 4 is 44.2 Å². The first kappa shape index (κ1) is 32.0. The number of fused-ring (bicyclic) bond motifs is 1. The summed E-state index contributed by atoms with van der Waals surface area (Å²) in [5, 5.41) is 5.61. The standard InChI is InChI=1S/C33H35N5O5S2/c1-36(2)33(41)35-31(40)29-27-18-19-38(21-24-12-8-5-9-13-24)22-28(27)44-32(29)34-30(39)25-14-16-26(17-15-25)45(42,43)37(3)20-23-10-6-4-7-11-23/h4-17H,18-22H2,1-3H3,(H,34,39)(H,35,40,41). The Bertz CT molecular complexity index is 1790. The van der Waals surface area contributed by atoms with Crippen LogP contribution in [0.5, 0.6) is 0 Å². The maximum Gasteiger partial charge on any atom is 0.323 e. The van der Waals surface area contributed by atoms with Crippen LogP contribution in [0.3, 0.4) is 0 Å². The summed E-state index contributed by atoms with van der Waals surface area (Å²) in [5.74, 6) is -1.08. The minimum Gasteiger partial charge on any atom is -0.331 e. The summed E-state index contributed by atoms with van der Waals surface area (Å²) in [6.45, 7) is 2.26. The van der Waals surface area contributed by atoms with E-state index < -0.39 is 27.9 Å². The Labute approximate surface area is 267 Å². The Morgan fingerprint density at radius 1 is 0.844 bits per heavy atom. The molecule has 1 aliphatic rings. The van der Waals surface area contributed by atoms with Crippen LogP contribution in [0.4, 0.5) is 9.80 Å². The molecule has 4 amide bonds. The first-order chi connectivity index (χ1) is 21.5. The summed E-state index contributed by atoms with van der Waals surface area (Å²) in [6.07, 6.45) is 0.580. The van der Waals surface area contributed by atoms with E-state index in [1.165, 1.54) is 57.4 Å². The third kappa shape index (κ3) is 7.48. The molecule has 0 saturated heterocycles. The maximum atomic E-state index is 13.4. The molecule has 0 spiro atoms. The van der Waals surface area contributed by atoms with Crippen molar-refractivity contribution in [3.05, 3.63) is 118 Å². The third-order valence-electron chi connectivity index (χ3n) is 7.54. The van der Waals surface area contributed by atoms with Gasteiger partial charge in [0.05, 0.1) is 10.5 Å². The van der Waals surface area contributed by atoms with Gasteiger partial charge in [0, 0.05) is 57.8 Å². The number of hydrogen-bond donors (Lipinski definition) is 2. The summed E-state index contributed by atoms with van der Waals surface area (Å²) < 4.78 is 27.6. The number of amides is 4. The SMILES string of the molecule is CN(C)C(=O)NC(=O)c1c(NC(=O)c2ccc(S(=O)(=O)N(C)Cc3ccccc3)cc2)sc2c1CCN(Cc1ccccc1)C2. The Hall–Kier alpha value is -4.36. The van der Waals surface area contributed by atoms with E-state index >= 15 is 0 Å². The molecule has 0 bridgehead atoms. The molecular weight excluding hydrogens is 611 g/mol. The number of carbonyl (C=O) groups is 3. The predicted molar refractivity (Wildman–Crippen MR) is 175 cm³/mol. The molecule has 0 fully saturated rings. The fourth-order valence-corrected chi connectivity index (χ4v) is 7.53. The van der Waals surface area contributed by atoms with Crippen molar-refractivity contribution < 1.29 is 22.8 Å². The van der Waals surface area contributed by atoms with Crippen molar-refractivity contribution in [2.24, 2.45) is 0 Å². The molecule has 0 unspecified atom stereocenters. The largest absolute Gasteiger partial charge is 0.331 e. The van der Waals surface area contributed by atoms with Crippen LogP contribution < -0.4 is 10.6 Å². The van der Waals surface area contributed by atoms with Gasteiger partial charge in [-0.15, -0.1) is 11.3 Å². The summed E-state index contributed by atoms with van der Waals surface area (Å²) in [6, 6.07) is 24.5. The highest BCUT2D eigenvalue weighted by molar-refractivity contribution is 7.89. The van der Waals surface area contributed by atoms with E-state index in [1.807, 2.05) is 48.5 Å². The monoisotopic (exact) mass is 645 g/mol. The van der Waals surface area contributed by atoms with E-state index in [2.05, 4.69) is 27.7 Å². The molecule has 0 radical (unpaired) electrons. The topological polar surface area (TPSA) is 119 Å². The van der Waals surface area contributed by atoms with Gasteiger partial charge in [0.2, 0.25) is 10.0 Å². The van der Waals surface area contributed by atoms with Crippen LogP contribution in [0.2, 0.25) is 0 Å². The van der Waals surface area contributed by atoms with E-state index in [-0.39, 0.29) is 22.6 Å². The lowest BCUT2D eigenvalue weighted by molar-refractivity contribution is 0.0956. The smallest absolute Gasteiger partial charge is 0.323 e. The van der Waals surface area contributed by atoms with Crippen molar-refractivity contribution in [2.75, 3.05) is 33.0 Å². The molecule has 234 valence electrons. The van der Waals surface area contributed by atoms with Crippen molar-refractivity contribution in [3.63, 3.8) is 0 Å². The van der Waals surface area contributed by atoms with Gasteiger partial charge in [0.15, 0.2) is 0 Å². The quantitative estimate of drug-likeness (QED) is 0.270. The van der Waals surface area contributed by atoms with Crippen molar-refractivity contribution in [3.8, 4) is 0 Å². The second-order valence-electron chi connectivity index (χ2n) is 11.0. The number of imide groups is 1. The summed E-state index contributed by atoms with van der Waals surface area (Å²) >= 11 is 1.31. The van der Waals surface area contributed by atoms with Crippen LogP contribution in [0.1, 0.15) is 42.3 Å². The zero-order valence-corrected chi connectivity index (χ0v) is 27.0. The number of sulfonamides is 1. The lowest BCUT2D eigenvalue weighted by Crippen LogP contribution is -2.39.